The first-order valence-electron chi connectivity index (χ1n) is 5.29. The number of rotatable bonds is 4. The molecule has 3 heteroatoms. The van der Waals surface area contributed by atoms with E-state index >= 15 is 0 Å². The van der Waals surface area contributed by atoms with Crippen molar-refractivity contribution in [3.05, 3.63) is 47.5 Å². The summed E-state index contributed by atoms with van der Waals surface area (Å²) in [6, 6.07) is 8.40. The van der Waals surface area contributed by atoms with Gasteiger partial charge in [0.25, 0.3) is 0 Å². The molecule has 0 atom stereocenters. The van der Waals surface area contributed by atoms with Gasteiger partial charge in [0.1, 0.15) is 0 Å². The van der Waals surface area contributed by atoms with Crippen LogP contribution >= 0.6 is 12.2 Å². The number of hydrogen-bond donors (Lipinski definition) is 2. The zero-order valence-corrected chi connectivity index (χ0v) is 10.7. The van der Waals surface area contributed by atoms with Crippen LogP contribution in [0.2, 0.25) is 0 Å². The van der Waals surface area contributed by atoms with Gasteiger partial charge in [-0.3, -0.25) is 0 Å². The van der Waals surface area contributed by atoms with Crippen molar-refractivity contribution in [3.8, 4) is 0 Å². The minimum Gasteiger partial charge on any atom is -0.359 e. The second kappa shape index (κ2) is 6.28. The van der Waals surface area contributed by atoms with Crippen molar-refractivity contribution < 1.29 is 0 Å². The van der Waals surface area contributed by atoms with Crippen LogP contribution in [0.15, 0.2) is 36.4 Å². The molecule has 0 bridgehead atoms. The molecule has 1 aromatic carbocycles. The van der Waals surface area contributed by atoms with Crippen molar-refractivity contribution in [1.82, 2.24) is 10.6 Å². The molecule has 16 heavy (non-hydrogen) atoms. The first-order chi connectivity index (χ1) is 7.58. The summed E-state index contributed by atoms with van der Waals surface area (Å²) < 4.78 is 0. The van der Waals surface area contributed by atoms with E-state index in [2.05, 4.69) is 48.4 Å². The minimum atomic E-state index is 0.670. The van der Waals surface area contributed by atoms with Crippen LogP contribution in [0.25, 0.3) is 0 Å². The quantitative estimate of drug-likeness (QED) is 0.618. The van der Waals surface area contributed by atoms with Gasteiger partial charge in [-0.2, -0.15) is 0 Å². The molecular weight excluding hydrogens is 216 g/mol. The first kappa shape index (κ1) is 12.7. The van der Waals surface area contributed by atoms with E-state index < -0.39 is 0 Å². The zero-order chi connectivity index (χ0) is 12.0. The number of thiocarbonyl (C=S) groups is 1. The van der Waals surface area contributed by atoms with Gasteiger partial charge in [0, 0.05) is 13.1 Å². The van der Waals surface area contributed by atoms with Gasteiger partial charge in [-0.1, -0.05) is 42.0 Å². The predicted molar refractivity (Wildman–Crippen MR) is 73.4 cm³/mol. The van der Waals surface area contributed by atoms with E-state index in [0.717, 1.165) is 18.7 Å². The number of hydrogen-bond acceptors (Lipinski definition) is 1. The monoisotopic (exact) mass is 234 g/mol. The predicted octanol–water partition coefficient (Wildman–Crippen LogP) is 2.54. The number of aryl methyl sites for hydroxylation is 1. The highest BCUT2D eigenvalue weighted by molar-refractivity contribution is 7.80. The normalized spacial score (nSPS) is 9.62. The van der Waals surface area contributed by atoms with E-state index in [1.54, 1.807) is 0 Å². The summed E-state index contributed by atoms with van der Waals surface area (Å²) in [5.74, 6) is 0. The van der Waals surface area contributed by atoms with Crippen LogP contribution in [0.3, 0.4) is 0 Å². The van der Waals surface area contributed by atoms with Crippen LogP contribution in [0.5, 0.6) is 0 Å². The van der Waals surface area contributed by atoms with Gasteiger partial charge in [-0.25, -0.2) is 0 Å². The van der Waals surface area contributed by atoms with Crippen molar-refractivity contribution in [3.63, 3.8) is 0 Å². The van der Waals surface area contributed by atoms with Crippen molar-refractivity contribution >= 4 is 17.3 Å². The third kappa shape index (κ3) is 4.94. The summed E-state index contributed by atoms with van der Waals surface area (Å²) in [6.45, 7) is 9.33. The topological polar surface area (TPSA) is 24.1 Å². The summed E-state index contributed by atoms with van der Waals surface area (Å²) in [5.41, 5.74) is 3.57. The van der Waals surface area contributed by atoms with E-state index in [4.69, 9.17) is 12.2 Å². The maximum atomic E-state index is 5.13. The minimum absolute atomic E-state index is 0.670. The Morgan fingerprint density at radius 2 is 1.88 bits per heavy atom. The summed E-state index contributed by atoms with van der Waals surface area (Å²) in [5, 5.41) is 6.91. The zero-order valence-electron chi connectivity index (χ0n) is 9.84. The molecule has 0 saturated carbocycles. The molecule has 0 radical (unpaired) electrons. The molecule has 0 unspecified atom stereocenters. The van der Waals surface area contributed by atoms with Crippen LogP contribution in [0.1, 0.15) is 18.1 Å². The third-order valence-corrected chi connectivity index (χ3v) is 2.41. The van der Waals surface area contributed by atoms with Gasteiger partial charge in [0.05, 0.1) is 0 Å². The van der Waals surface area contributed by atoms with Crippen LogP contribution in [0.4, 0.5) is 0 Å². The lowest BCUT2D eigenvalue weighted by atomic mass is 10.1. The summed E-state index contributed by atoms with van der Waals surface area (Å²) in [4.78, 5) is 0. The average molecular weight is 234 g/mol. The molecule has 0 aliphatic carbocycles. The van der Waals surface area contributed by atoms with Crippen LogP contribution in [-0.4, -0.2) is 11.7 Å². The van der Waals surface area contributed by atoms with Gasteiger partial charge < -0.3 is 10.6 Å². The second-order valence-corrected chi connectivity index (χ2v) is 4.39. The van der Waals surface area contributed by atoms with Crippen molar-refractivity contribution in [2.24, 2.45) is 0 Å². The Labute approximate surface area is 103 Å². The Balaban J connectivity index is 2.31. The maximum Gasteiger partial charge on any atom is 0.166 e. The lowest BCUT2D eigenvalue weighted by Crippen LogP contribution is -2.35. The van der Waals surface area contributed by atoms with Crippen molar-refractivity contribution in [2.45, 2.75) is 20.4 Å². The Hall–Kier alpha value is -1.35. The van der Waals surface area contributed by atoms with Gasteiger partial charge in [-0.05, 0) is 31.6 Å². The van der Waals surface area contributed by atoms with E-state index in [0.29, 0.717) is 5.11 Å². The number of benzene rings is 1. The fraction of sp³-hybridized carbons (Fsp3) is 0.308. The summed E-state index contributed by atoms with van der Waals surface area (Å²) in [7, 11) is 0. The molecule has 0 aliphatic heterocycles. The van der Waals surface area contributed by atoms with Gasteiger partial charge >= 0.3 is 0 Å². The molecule has 0 spiro atoms. The smallest absolute Gasteiger partial charge is 0.166 e. The van der Waals surface area contributed by atoms with E-state index in [1.165, 1.54) is 11.1 Å². The summed E-state index contributed by atoms with van der Waals surface area (Å²) in [6.07, 6.45) is 0. The van der Waals surface area contributed by atoms with E-state index in [9.17, 15) is 0 Å². The number of nitrogens with one attached hydrogen (secondary N) is 2. The SMILES string of the molecule is C=C(C)CNC(=S)NCc1ccc(C)cc1. The second-order valence-electron chi connectivity index (χ2n) is 3.98. The Kier molecular flexibility index (Phi) is 4.99. The Bertz CT molecular complexity index is 368. The molecule has 2 N–H and O–H groups in total. The molecule has 0 fully saturated rings. The van der Waals surface area contributed by atoms with Crippen LogP contribution < -0.4 is 10.6 Å². The standard InChI is InChI=1S/C13H18N2S/c1-10(2)8-14-13(16)15-9-12-6-4-11(3)5-7-12/h4-7H,1,8-9H2,2-3H3,(H2,14,15,16). The summed E-state index contributed by atoms with van der Waals surface area (Å²) >= 11 is 5.13. The molecule has 1 aromatic rings. The van der Waals surface area contributed by atoms with Crippen LogP contribution in [0, 0.1) is 6.92 Å². The Morgan fingerprint density at radius 3 is 2.44 bits per heavy atom. The molecule has 0 heterocycles. The lowest BCUT2D eigenvalue weighted by molar-refractivity contribution is 0.861. The molecule has 0 aliphatic rings. The Morgan fingerprint density at radius 1 is 1.25 bits per heavy atom. The van der Waals surface area contributed by atoms with Gasteiger partial charge in [0.2, 0.25) is 0 Å². The fourth-order valence-corrected chi connectivity index (χ4v) is 1.33. The van der Waals surface area contributed by atoms with E-state index in [1.807, 2.05) is 6.92 Å². The van der Waals surface area contributed by atoms with Crippen molar-refractivity contribution in [2.75, 3.05) is 6.54 Å². The lowest BCUT2D eigenvalue weighted by Gasteiger charge is -2.10. The first-order valence-corrected chi connectivity index (χ1v) is 5.70. The molecule has 0 amide bonds. The largest absolute Gasteiger partial charge is 0.359 e. The third-order valence-electron chi connectivity index (χ3n) is 2.12. The fourth-order valence-electron chi connectivity index (χ4n) is 1.18. The highest BCUT2D eigenvalue weighted by atomic mass is 32.1. The molecule has 86 valence electrons. The maximum absolute atomic E-state index is 5.13. The highest BCUT2D eigenvalue weighted by Gasteiger charge is 1.96. The van der Waals surface area contributed by atoms with Gasteiger partial charge in [0.15, 0.2) is 5.11 Å². The average Bonchev–Trinajstić information content (AvgIpc) is 2.25. The molecule has 0 saturated heterocycles. The molecule has 1 rings (SSSR count). The molecular formula is C13H18N2S. The molecule has 2 nitrogen and oxygen atoms in total. The molecule has 0 aromatic heterocycles. The van der Waals surface area contributed by atoms with Crippen molar-refractivity contribution in [1.29, 1.82) is 0 Å². The van der Waals surface area contributed by atoms with E-state index in [-0.39, 0.29) is 0 Å². The van der Waals surface area contributed by atoms with Crippen LogP contribution in [-0.2, 0) is 6.54 Å². The highest BCUT2D eigenvalue weighted by Crippen LogP contribution is 2.02. The van der Waals surface area contributed by atoms with Gasteiger partial charge in [-0.15, -0.1) is 0 Å².